The third-order valence-corrected chi connectivity index (χ3v) is 5.58. The van der Waals surface area contributed by atoms with Gasteiger partial charge in [-0.05, 0) is 56.2 Å². The van der Waals surface area contributed by atoms with Gasteiger partial charge in [0, 0.05) is 17.9 Å². The van der Waals surface area contributed by atoms with Crippen molar-refractivity contribution in [1.29, 1.82) is 0 Å². The summed E-state index contributed by atoms with van der Waals surface area (Å²) >= 11 is 0. The molecule has 140 valence electrons. The van der Waals surface area contributed by atoms with Crippen LogP contribution in [-0.4, -0.2) is 41.4 Å². The van der Waals surface area contributed by atoms with Gasteiger partial charge in [0.2, 0.25) is 5.91 Å². The van der Waals surface area contributed by atoms with Crippen LogP contribution in [0.25, 0.3) is 0 Å². The molecule has 26 heavy (non-hydrogen) atoms. The minimum Gasteiger partial charge on any atom is -0.398 e. The number of nitrogen functional groups attached to an aromatic ring is 1. The molecule has 2 aliphatic heterocycles. The summed E-state index contributed by atoms with van der Waals surface area (Å²) in [6.07, 6.45) is 3.51. The fourth-order valence-corrected chi connectivity index (χ4v) is 3.93. The summed E-state index contributed by atoms with van der Waals surface area (Å²) < 4.78 is 0. The number of nitrogens with two attached hydrogens (primary N) is 1. The second-order valence-electron chi connectivity index (χ2n) is 7.29. The van der Waals surface area contributed by atoms with E-state index in [1.165, 1.54) is 0 Å². The highest BCUT2D eigenvalue weighted by molar-refractivity contribution is 6.10. The average molecular weight is 379 g/mol. The Labute approximate surface area is 158 Å². The second kappa shape index (κ2) is 6.46. The van der Waals surface area contributed by atoms with Gasteiger partial charge in [0.05, 0.1) is 0 Å². The number of halogens is 1. The summed E-state index contributed by atoms with van der Waals surface area (Å²) in [7, 11) is 0. The summed E-state index contributed by atoms with van der Waals surface area (Å²) in [5.74, 6) is -0.368. The molecule has 0 spiro atoms. The molecule has 8 heteroatoms. The Morgan fingerprint density at radius 3 is 2.77 bits per heavy atom. The van der Waals surface area contributed by atoms with E-state index in [0.717, 1.165) is 41.8 Å². The molecular formula is C18H23ClN4O3. The van der Waals surface area contributed by atoms with Crippen LogP contribution in [-0.2, 0) is 16.0 Å². The number of hydrogen-bond donors (Lipinski definition) is 2. The van der Waals surface area contributed by atoms with Crippen LogP contribution in [0, 0.1) is 5.92 Å². The highest BCUT2D eigenvalue weighted by Crippen LogP contribution is 2.42. The van der Waals surface area contributed by atoms with Crippen molar-refractivity contribution in [2.24, 2.45) is 5.92 Å². The fourth-order valence-electron chi connectivity index (χ4n) is 3.93. The minimum atomic E-state index is -0.860. The zero-order valence-corrected chi connectivity index (χ0v) is 15.5. The highest BCUT2D eigenvalue weighted by atomic mass is 35.5. The number of amides is 4. The largest absolute Gasteiger partial charge is 0.398 e. The lowest BCUT2D eigenvalue weighted by atomic mass is 9.96. The van der Waals surface area contributed by atoms with E-state index in [-0.39, 0.29) is 36.7 Å². The first-order valence-electron chi connectivity index (χ1n) is 8.73. The van der Waals surface area contributed by atoms with Crippen molar-refractivity contribution in [3.63, 3.8) is 0 Å². The zero-order chi connectivity index (χ0) is 17.8. The fraction of sp³-hybridized carbons (Fsp3) is 0.500. The number of nitrogens with zero attached hydrogens (tertiary/aromatic N) is 2. The number of urea groups is 1. The number of benzene rings is 1. The maximum atomic E-state index is 12.8. The lowest BCUT2D eigenvalue weighted by molar-refractivity contribution is -0.134. The van der Waals surface area contributed by atoms with E-state index in [4.69, 9.17) is 5.73 Å². The lowest BCUT2D eigenvalue weighted by Gasteiger charge is -2.31. The van der Waals surface area contributed by atoms with E-state index >= 15 is 0 Å². The number of imide groups is 1. The second-order valence-corrected chi connectivity index (χ2v) is 7.29. The van der Waals surface area contributed by atoms with Crippen LogP contribution < -0.4 is 16.0 Å². The van der Waals surface area contributed by atoms with E-state index in [0.29, 0.717) is 12.2 Å². The predicted molar refractivity (Wildman–Crippen MR) is 100 cm³/mol. The van der Waals surface area contributed by atoms with Crippen molar-refractivity contribution in [2.45, 2.75) is 38.1 Å². The van der Waals surface area contributed by atoms with Crippen LogP contribution in [0.5, 0.6) is 0 Å². The summed E-state index contributed by atoms with van der Waals surface area (Å²) in [5.41, 5.74) is 7.58. The highest BCUT2D eigenvalue weighted by Gasteiger charge is 2.56. The number of nitrogens with one attached hydrogen (secondary N) is 1. The molecule has 1 aromatic carbocycles. The summed E-state index contributed by atoms with van der Waals surface area (Å²) in [4.78, 5) is 40.5. The molecule has 1 aliphatic carbocycles. The van der Waals surface area contributed by atoms with Crippen LogP contribution in [0.2, 0.25) is 0 Å². The standard InChI is InChI=1S/C18H22N4O3.ClH/c1-18(11-7-8-11)16(24)22(17(25)20-18)10-15(23)21-9-3-4-12-13(19)5-2-6-14(12)21;/h2,5-6,11H,3-4,7-10,19H2,1H3,(H,20,25);1H. The molecule has 1 saturated carbocycles. The summed E-state index contributed by atoms with van der Waals surface area (Å²) in [6.45, 7) is 2.09. The van der Waals surface area contributed by atoms with Crippen molar-refractivity contribution in [3.05, 3.63) is 23.8 Å². The third kappa shape index (κ3) is 2.80. The van der Waals surface area contributed by atoms with Gasteiger partial charge < -0.3 is 16.0 Å². The van der Waals surface area contributed by atoms with Crippen LogP contribution >= 0.6 is 12.4 Å². The van der Waals surface area contributed by atoms with E-state index < -0.39 is 11.6 Å². The number of rotatable bonds is 3. The van der Waals surface area contributed by atoms with Gasteiger partial charge in [0.25, 0.3) is 5.91 Å². The number of carbonyl (C=O) groups excluding carboxylic acids is 3. The Bertz CT molecular complexity index is 780. The molecule has 7 nitrogen and oxygen atoms in total. The number of anilines is 2. The van der Waals surface area contributed by atoms with Gasteiger partial charge in [-0.2, -0.15) is 0 Å². The number of hydrogen-bond acceptors (Lipinski definition) is 4. The lowest BCUT2D eigenvalue weighted by Crippen LogP contribution is -2.48. The Kier molecular flexibility index (Phi) is 4.60. The monoisotopic (exact) mass is 378 g/mol. The number of carbonyl (C=O) groups is 3. The summed E-state index contributed by atoms with van der Waals surface area (Å²) in [5, 5.41) is 2.78. The smallest absolute Gasteiger partial charge is 0.325 e. The van der Waals surface area contributed by atoms with Crippen molar-refractivity contribution in [2.75, 3.05) is 23.7 Å². The molecule has 2 heterocycles. The molecule has 3 N–H and O–H groups in total. The zero-order valence-electron chi connectivity index (χ0n) is 14.7. The maximum absolute atomic E-state index is 12.8. The van der Waals surface area contributed by atoms with Gasteiger partial charge in [-0.1, -0.05) is 6.07 Å². The Hall–Kier alpha value is -2.28. The van der Waals surface area contributed by atoms with Crippen LogP contribution in [0.3, 0.4) is 0 Å². The molecule has 0 aromatic heterocycles. The molecule has 2 fully saturated rings. The van der Waals surface area contributed by atoms with Crippen molar-refractivity contribution < 1.29 is 14.4 Å². The molecule has 0 bridgehead atoms. The Morgan fingerprint density at radius 1 is 1.35 bits per heavy atom. The van der Waals surface area contributed by atoms with E-state index in [1.54, 1.807) is 11.8 Å². The SMILES string of the molecule is CC1(C2CC2)NC(=O)N(CC(=O)N2CCCc3c(N)cccc32)C1=O.Cl. The number of fused-ring (bicyclic) bond motifs is 1. The van der Waals surface area contributed by atoms with Crippen LogP contribution in [0.15, 0.2) is 18.2 Å². The molecule has 1 unspecified atom stereocenters. The predicted octanol–water partition coefficient (Wildman–Crippen LogP) is 1.69. The van der Waals surface area contributed by atoms with Crippen LogP contribution in [0.1, 0.15) is 31.7 Å². The molecule has 1 atom stereocenters. The van der Waals surface area contributed by atoms with Crippen molar-refractivity contribution in [3.8, 4) is 0 Å². The van der Waals surface area contributed by atoms with Crippen molar-refractivity contribution in [1.82, 2.24) is 10.2 Å². The van der Waals surface area contributed by atoms with Gasteiger partial charge >= 0.3 is 6.03 Å². The molecular weight excluding hydrogens is 356 g/mol. The molecule has 4 amide bonds. The summed E-state index contributed by atoms with van der Waals surface area (Å²) in [6, 6.07) is 5.03. The topological polar surface area (TPSA) is 95.7 Å². The van der Waals surface area contributed by atoms with Gasteiger partial charge in [0.15, 0.2) is 0 Å². The Morgan fingerprint density at radius 2 is 2.08 bits per heavy atom. The van der Waals surface area contributed by atoms with Gasteiger partial charge in [-0.3, -0.25) is 14.5 Å². The van der Waals surface area contributed by atoms with E-state index in [2.05, 4.69) is 5.32 Å². The Balaban J connectivity index is 0.00000196. The first kappa shape index (κ1) is 18.5. The normalized spacial score (nSPS) is 24.8. The molecule has 3 aliphatic rings. The molecule has 4 rings (SSSR count). The van der Waals surface area contributed by atoms with Gasteiger partial charge in [-0.15, -0.1) is 12.4 Å². The van der Waals surface area contributed by atoms with Crippen LogP contribution in [0.4, 0.5) is 16.2 Å². The maximum Gasteiger partial charge on any atom is 0.325 e. The van der Waals surface area contributed by atoms with E-state index in [9.17, 15) is 14.4 Å². The minimum absolute atomic E-state index is 0. The van der Waals surface area contributed by atoms with E-state index in [1.807, 2.05) is 18.2 Å². The third-order valence-electron chi connectivity index (χ3n) is 5.58. The quantitative estimate of drug-likeness (QED) is 0.618. The first-order chi connectivity index (χ1) is 11.9. The molecule has 0 radical (unpaired) electrons. The molecule has 1 aromatic rings. The van der Waals surface area contributed by atoms with Gasteiger partial charge in [-0.25, -0.2) is 4.79 Å². The van der Waals surface area contributed by atoms with Gasteiger partial charge in [0.1, 0.15) is 12.1 Å². The molecule has 1 saturated heterocycles. The van der Waals surface area contributed by atoms with Crippen molar-refractivity contribution >= 4 is 41.6 Å². The first-order valence-corrected chi connectivity index (χ1v) is 8.73. The average Bonchev–Trinajstić information content (AvgIpc) is 3.41.